The molecule has 44 valence electrons. The van der Waals surface area contributed by atoms with Gasteiger partial charge in [-0.2, -0.15) is 0 Å². The average Bonchev–Trinajstić information content (AvgIpc) is 1.68. The van der Waals surface area contributed by atoms with Crippen LogP contribution in [0.2, 0.25) is 0 Å². The topological polar surface area (TPSA) is 12.4 Å². The van der Waals surface area contributed by atoms with E-state index in [0.717, 1.165) is 0 Å². The van der Waals surface area contributed by atoms with E-state index in [-0.39, 0.29) is 0 Å². The fraction of sp³-hybridized carbons (Fsp3) is 0.167. The fourth-order valence-electron chi connectivity index (χ4n) is 0.279. The molecule has 0 heterocycles. The molecule has 0 rings (SSSR count). The highest BCUT2D eigenvalue weighted by molar-refractivity contribution is 6.39. The summed E-state index contributed by atoms with van der Waals surface area (Å²) in [5.74, 6) is 0. The van der Waals surface area contributed by atoms with Gasteiger partial charge in [-0.15, -0.1) is 0 Å². The van der Waals surface area contributed by atoms with Gasteiger partial charge in [0.05, 0.1) is 5.03 Å². The van der Waals surface area contributed by atoms with Gasteiger partial charge in [-0.3, -0.25) is 4.99 Å². The third-order valence-corrected chi connectivity index (χ3v) is 0.753. The summed E-state index contributed by atoms with van der Waals surface area (Å²) in [5.41, 5.74) is 0. The predicted octanol–water partition coefficient (Wildman–Crippen LogP) is 2.00. The standard InChI is InChI=1S/C6H8ClN/c1-3-4-6(7)5-8-2/h3-5H,1H2,2H3/b6-4+,8-5?. The summed E-state index contributed by atoms with van der Waals surface area (Å²) in [6.07, 6.45) is 4.85. The Labute approximate surface area is 54.4 Å². The lowest BCUT2D eigenvalue weighted by molar-refractivity contribution is 1.47. The molecule has 0 amide bonds. The monoisotopic (exact) mass is 129 g/mol. The molecule has 0 unspecified atom stereocenters. The molecule has 0 aliphatic carbocycles. The lowest BCUT2D eigenvalue weighted by atomic mass is 10.5. The zero-order chi connectivity index (χ0) is 6.41. The smallest absolute Gasteiger partial charge is 0.0583 e. The first-order chi connectivity index (χ1) is 3.81. The molecule has 0 saturated carbocycles. The second-order valence-corrected chi connectivity index (χ2v) is 1.61. The Hall–Kier alpha value is -0.560. The molecule has 0 aromatic rings. The van der Waals surface area contributed by atoms with E-state index in [1.54, 1.807) is 25.4 Å². The van der Waals surface area contributed by atoms with Gasteiger partial charge >= 0.3 is 0 Å². The van der Waals surface area contributed by atoms with Crippen LogP contribution >= 0.6 is 11.6 Å². The van der Waals surface area contributed by atoms with Crippen molar-refractivity contribution in [1.82, 2.24) is 0 Å². The molecule has 0 bridgehead atoms. The van der Waals surface area contributed by atoms with Gasteiger partial charge in [-0.05, 0) is 6.08 Å². The van der Waals surface area contributed by atoms with Crippen LogP contribution in [-0.4, -0.2) is 13.3 Å². The van der Waals surface area contributed by atoms with E-state index in [2.05, 4.69) is 11.6 Å². The molecule has 0 saturated heterocycles. The van der Waals surface area contributed by atoms with Gasteiger partial charge < -0.3 is 0 Å². The van der Waals surface area contributed by atoms with Crippen LogP contribution in [0, 0.1) is 0 Å². The molecule has 0 fully saturated rings. The summed E-state index contributed by atoms with van der Waals surface area (Å²) < 4.78 is 0. The van der Waals surface area contributed by atoms with Gasteiger partial charge in [-0.1, -0.05) is 24.3 Å². The Kier molecular flexibility index (Phi) is 4.27. The minimum Gasteiger partial charge on any atom is -0.295 e. The molecule has 1 nitrogen and oxygen atoms in total. The molecule has 0 aliphatic rings. The van der Waals surface area contributed by atoms with Crippen LogP contribution in [0.4, 0.5) is 0 Å². The van der Waals surface area contributed by atoms with Crippen molar-refractivity contribution in [3.05, 3.63) is 23.8 Å². The van der Waals surface area contributed by atoms with E-state index in [1.807, 2.05) is 0 Å². The van der Waals surface area contributed by atoms with Crippen LogP contribution in [0.5, 0.6) is 0 Å². The molecule has 0 aromatic heterocycles. The highest BCUT2D eigenvalue weighted by atomic mass is 35.5. The second kappa shape index (κ2) is 4.60. The lowest BCUT2D eigenvalue weighted by Gasteiger charge is -1.78. The maximum absolute atomic E-state index is 5.52. The first-order valence-electron chi connectivity index (χ1n) is 2.21. The Morgan fingerprint density at radius 2 is 2.38 bits per heavy atom. The largest absolute Gasteiger partial charge is 0.295 e. The second-order valence-electron chi connectivity index (χ2n) is 1.17. The molecular weight excluding hydrogens is 122 g/mol. The van der Waals surface area contributed by atoms with Crippen LogP contribution in [0.1, 0.15) is 0 Å². The SMILES string of the molecule is C=C/C=C(/Cl)C=NC. The maximum atomic E-state index is 5.52. The first-order valence-corrected chi connectivity index (χ1v) is 2.59. The summed E-state index contributed by atoms with van der Waals surface area (Å²) in [5, 5.41) is 0.600. The number of nitrogens with zero attached hydrogens (tertiary/aromatic N) is 1. The quantitative estimate of drug-likeness (QED) is 0.400. The van der Waals surface area contributed by atoms with Crippen LogP contribution in [0.15, 0.2) is 28.8 Å². The molecule has 0 atom stereocenters. The highest BCUT2D eigenvalue weighted by Crippen LogP contribution is 1.95. The summed E-state index contributed by atoms with van der Waals surface area (Å²) in [7, 11) is 1.67. The van der Waals surface area contributed by atoms with E-state index >= 15 is 0 Å². The molecule has 0 spiro atoms. The van der Waals surface area contributed by atoms with Crippen LogP contribution < -0.4 is 0 Å². The van der Waals surface area contributed by atoms with Crippen molar-refractivity contribution in [1.29, 1.82) is 0 Å². The fourth-order valence-corrected chi connectivity index (χ4v) is 0.466. The van der Waals surface area contributed by atoms with E-state index in [4.69, 9.17) is 11.6 Å². The Balaban J connectivity index is 3.79. The molecule has 0 aromatic carbocycles. The van der Waals surface area contributed by atoms with Gasteiger partial charge in [0, 0.05) is 13.3 Å². The van der Waals surface area contributed by atoms with E-state index in [0.29, 0.717) is 5.03 Å². The Bertz CT molecular complexity index is 124. The summed E-state index contributed by atoms with van der Waals surface area (Å²) in [6.45, 7) is 3.46. The van der Waals surface area contributed by atoms with Crippen LogP contribution in [-0.2, 0) is 0 Å². The number of aliphatic imine (C=N–C) groups is 1. The molecule has 8 heavy (non-hydrogen) atoms. The van der Waals surface area contributed by atoms with Gasteiger partial charge in [0.25, 0.3) is 0 Å². The molecule has 2 heteroatoms. The number of halogens is 1. The number of hydrogen-bond donors (Lipinski definition) is 0. The third kappa shape index (κ3) is 3.62. The predicted molar refractivity (Wildman–Crippen MR) is 38.5 cm³/mol. The molecule has 0 N–H and O–H groups in total. The van der Waals surface area contributed by atoms with Crippen LogP contribution in [0.3, 0.4) is 0 Å². The number of rotatable bonds is 2. The van der Waals surface area contributed by atoms with E-state index in [1.165, 1.54) is 0 Å². The first kappa shape index (κ1) is 7.44. The summed E-state index contributed by atoms with van der Waals surface area (Å²) >= 11 is 5.52. The van der Waals surface area contributed by atoms with E-state index < -0.39 is 0 Å². The highest BCUT2D eigenvalue weighted by Gasteiger charge is 1.76. The van der Waals surface area contributed by atoms with Crippen molar-refractivity contribution < 1.29 is 0 Å². The third-order valence-electron chi connectivity index (χ3n) is 0.530. The van der Waals surface area contributed by atoms with Gasteiger partial charge in [0.15, 0.2) is 0 Å². The van der Waals surface area contributed by atoms with Crippen molar-refractivity contribution in [3.63, 3.8) is 0 Å². The van der Waals surface area contributed by atoms with Crippen molar-refractivity contribution in [2.24, 2.45) is 4.99 Å². The molecular formula is C6H8ClN. The van der Waals surface area contributed by atoms with Gasteiger partial charge in [0.1, 0.15) is 0 Å². The minimum atomic E-state index is 0.600. The number of allylic oxidation sites excluding steroid dienone is 3. The normalized spacial score (nSPS) is 12.5. The van der Waals surface area contributed by atoms with Crippen LogP contribution in [0.25, 0.3) is 0 Å². The number of hydrogen-bond acceptors (Lipinski definition) is 1. The average molecular weight is 130 g/mol. The van der Waals surface area contributed by atoms with Crippen molar-refractivity contribution >= 4 is 17.8 Å². The zero-order valence-corrected chi connectivity index (χ0v) is 5.52. The summed E-state index contributed by atoms with van der Waals surface area (Å²) in [6, 6.07) is 0. The maximum Gasteiger partial charge on any atom is 0.0583 e. The van der Waals surface area contributed by atoms with Crippen molar-refractivity contribution in [2.45, 2.75) is 0 Å². The van der Waals surface area contributed by atoms with Gasteiger partial charge in [0.2, 0.25) is 0 Å². The van der Waals surface area contributed by atoms with Gasteiger partial charge in [-0.25, -0.2) is 0 Å². The zero-order valence-electron chi connectivity index (χ0n) is 4.76. The molecule has 0 aliphatic heterocycles. The Morgan fingerprint density at radius 3 is 2.75 bits per heavy atom. The van der Waals surface area contributed by atoms with E-state index in [9.17, 15) is 0 Å². The van der Waals surface area contributed by atoms with Crippen molar-refractivity contribution in [2.75, 3.05) is 7.05 Å². The lowest BCUT2D eigenvalue weighted by Crippen LogP contribution is -1.69. The minimum absolute atomic E-state index is 0.600. The van der Waals surface area contributed by atoms with Crippen molar-refractivity contribution in [3.8, 4) is 0 Å². The Morgan fingerprint density at radius 1 is 1.75 bits per heavy atom. The molecule has 0 radical (unpaired) electrons. The summed E-state index contributed by atoms with van der Waals surface area (Å²) in [4.78, 5) is 3.68.